The minimum atomic E-state index is -0.439. The van der Waals surface area contributed by atoms with Gasteiger partial charge < -0.3 is 9.15 Å². The van der Waals surface area contributed by atoms with Gasteiger partial charge in [-0.3, -0.25) is 14.9 Å². The summed E-state index contributed by atoms with van der Waals surface area (Å²) in [5, 5.41) is 18.8. The minimum Gasteiger partial charge on any atom is -0.488 e. The number of furan rings is 1. The summed E-state index contributed by atoms with van der Waals surface area (Å²) in [5.41, 5.74) is 2.31. The number of fused-ring (bicyclic) bond motifs is 3. The van der Waals surface area contributed by atoms with Gasteiger partial charge in [-0.05, 0) is 58.8 Å². The van der Waals surface area contributed by atoms with Crippen LogP contribution in [0.5, 0.6) is 5.75 Å². The van der Waals surface area contributed by atoms with Gasteiger partial charge in [-0.25, -0.2) is 4.98 Å². The number of rotatable bonds is 7. The average Bonchev–Trinajstić information content (AvgIpc) is 3.48. The summed E-state index contributed by atoms with van der Waals surface area (Å²) in [6.07, 6.45) is 1.59. The molecule has 0 saturated heterocycles. The van der Waals surface area contributed by atoms with E-state index in [1.54, 1.807) is 36.5 Å². The molecule has 0 atom stereocenters. The van der Waals surface area contributed by atoms with Crippen LogP contribution in [0.4, 0.5) is 5.69 Å². The molecule has 0 spiro atoms. The Morgan fingerprint density at radius 1 is 0.860 bits per heavy atom. The van der Waals surface area contributed by atoms with Crippen molar-refractivity contribution in [2.45, 2.75) is 6.61 Å². The van der Waals surface area contributed by atoms with E-state index < -0.39 is 4.92 Å². The lowest BCUT2D eigenvalue weighted by atomic mass is 10.0. The van der Waals surface area contributed by atoms with E-state index in [1.807, 2.05) is 72.8 Å². The third-order valence-electron chi connectivity index (χ3n) is 7.17. The quantitative estimate of drug-likeness (QED) is 0.113. The van der Waals surface area contributed by atoms with E-state index in [0.29, 0.717) is 33.6 Å². The Morgan fingerprint density at radius 3 is 2.37 bits per heavy atom. The number of hydrogen-bond acceptors (Lipinski definition) is 7. The lowest BCUT2D eigenvalue weighted by molar-refractivity contribution is -0.384. The van der Waals surface area contributed by atoms with Gasteiger partial charge in [0.2, 0.25) is 5.82 Å². The fourth-order valence-electron chi connectivity index (χ4n) is 5.01. The second kappa shape index (κ2) is 10.7. The van der Waals surface area contributed by atoms with Crippen LogP contribution < -0.4 is 10.3 Å². The first-order valence-corrected chi connectivity index (χ1v) is 13.5. The molecule has 0 fully saturated rings. The molecule has 0 amide bonds. The molecular weight excluding hydrogens is 544 g/mol. The molecule has 7 rings (SSSR count). The van der Waals surface area contributed by atoms with Gasteiger partial charge in [0.15, 0.2) is 5.76 Å². The molecule has 0 unspecified atom stereocenters. The van der Waals surface area contributed by atoms with E-state index in [0.717, 1.165) is 21.7 Å². The number of nitrogens with zero attached hydrogens (tertiary/aromatic N) is 4. The lowest BCUT2D eigenvalue weighted by Gasteiger charge is -2.12. The van der Waals surface area contributed by atoms with Crippen LogP contribution in [-0.4, -0.2) is 20.8 Å². The van der Waals surface area contributed by atoms with Crippen molar-refractivity contribution in [2.75, 3.05) is 0 Å². The zero-order valence-corrected chi connectivity index (χ0v) is 22.6. The normalized spacial score (nSPS) is 11.5. The smallest absolute Gasteiger partial charge is 0.282 e. The monoisotopic (exact) mass is 566 g/mol. The average molecular weight is 567 g/mol. The number of non-ortho nitro benzene ring substituents is 1. The van der Waals surface area contributed by atoms with Crippen LogP contribution in [0, 0.1) is 10.1 Å². The number of para-hydroxylation sites is 2. The highest BCUT2D eigenvalue weighted by atomic mass is 16.6. The summed E-state index contributed by atoms with van der Waals surface area (Å²) < 4.78 is 13.5. The summed E-state index contributed by atoms with van der Waals surface area (Å²) in [7, 11) is 0. The van der Waals surface area contributed by atoms with Crippen molar-refractivity contribution in [3.8, 4) is 17.3 Å². The first-order valence-electron chi connectivity index (χ1n) is 13.5. The van der Waals surface area contributed by atoms with Crippen molar-refractivity contribution in [1.82, 2.24) is 9.66 Å². The largest absolute Gasteiger partial charge is 0.488 e. The molecule has 9 heteroatoms. The molecule has 0 bridgehead atoms. The first kappa shape index (κ1) is 25.8. The second-order valence-corrected chi connectivity index (χ2v) is 9.87. The van der Waals surface area contributed by atoms with Crippen molar-refractivity contribution in [3.05, 3.63) is 147 Å². The summed E-state index contributed by atoms with van der Waals surface area (Å²) in [6, 6.07) is 34.3. The van der Waals surface area contributed by atoms with E-state index in [9.17, 15) is 14.9 Å². The Balaban J connectivity index is 1.34. The van der Waals surface area contributed by atoms with Crippen molar-refractivity contribution in [2.24, 2.45) is 5.10 Å². The predicted molar refractivity (Wildman–Crippen MR) is 166 cm³/mol. The van der Waals surface area contributed by atoms with Crippen LogP contribution in [0.3, 0.4) is 0 Å². The molecule has 0 saturated carbocycles. The Hall–Kier alpha value is -6.09. The van der Waals surface area contributed by atoms with Crippen LogP contribution in [-0.2, 0) is 6.61 Å². The molecule has 2 heterocycles. The van der Waals surface area contributed by atoms with Gasteiger partial charge in [0.1, 0.15) is 17.9 Å². The number of benzene rings is 5. The molecular formula is C34H22N4O5. The molecule has 43 heavy (non-hydrogen) atoms. The molecule has 9 nitrogen and oxygen atoms in total. The maximum Gasteiger partial charge on any atom is 0.282 e. The van der Waals surface area contributed by atoms with Gasteiger partial charge >= 0.3 is 0 Å². The van der Waals surface area contributed by atoms with E-state index >= 15 is 0 Å². The van der Waals surface area contributed by atoms with Crippen molar-refractivity contribution < 1.29 is 14.1 Å². The zero-order chi connectivity index (χ0) is 29.3. The van der Waals surface area contributed by atoms with E-state index in [2.05, 4.69) is 5.10 Å². The highest BCUT2D eigenvalue weighted by Crippen LogP contribution is 2.29. The van der Waals surface area contributed by atoms with Gasteiger partial charge in [0.25, 0.3) is 11.2 Å². The fourth-order valence-corrected chi connectivity index (χ4v) is 5.01. The Kier molecular flexibility index (Phi) is 6.44. The van der Waals surface area contributed by atoms with E-state index in [4.69, 9.17) is 14.1 Å². The van der Waals surface area contributed by atoms with Gasteiger partial charge in [-0.15, -0.1) is 0 Å². The molecule has 0 aliphatic carbocycles. The first-order chi connectivity index (χ1) is 21.0. The number of ether oxygens (including phenoxy) is 1. The van der Waals surface area contributed by atoms with Gasteiger partial charge in [0.05, 0.1) is 22.0 Å². The highest BCUT2D eigenvalue weighted by Gasteiger charge is 2.17. The molecule has 208 valence electrons. The Labute approximate surface area is 244 Å². The molecule has 0 radical (unpaired) electrons. The third-order valence-corrected chi connectivity index (χ3v) is 7.17. The molecule has 0 N–H and O–H groups in total. The number of nitro groups is 1. The molecule has 0 aliphatic heterocycles. The van der Waals surface area contributed by atoms with Crippen LogP contribution >= 0.6 is 0 Å². The van der Waals surface area contributed by atoms with Crippen molar-refractivity contribution in [3.63, 3.8) is 0 Å². The molecule has 7 aromatic rings. The Bertz CT molecular complexity index is 2220. The molecule has 2 aromatic heterocycles. The van der Waals surface area contributed by atoms with Gasteiger partial charge in [0, 0.05) is 23.1 Å². The molecule has 5 aromatic carbocycles. The second-order valence-electron chi connectivity index (χ2n) is 9.87. The van der Waals surface area contributed by atoms with Crippen LogP contribution in [0.1, 0.15) is 11.1 Å². The summed E-state index contributed by atoms with van der Waals surface area (Å²) in [5.74, 6) is 1.21. The fraction of sp³-hybridized carbons (Fsp3) is 0.0294. The topological polar surface area (TPSA) is 113 Å². The zero-order valence-electron chi connectivity index (χ0n) is 22.6. The standard InChI is InChI=1S/C34H22N4O5/c39-34-27-10-4-5-11-29(27)36-33(32-19-24-8-2-6-12-30(24)43-32)37(34)35-20-28-26-9-3-1-7-23(26)15-18-31(28)42-21-22-13-16-25(17-14-22)38(40)41/h1-20H,21H2. The maximum absolute atomic E-state index is 13.8. The summed E-state index contributed by atoms with van der Waals surface area (Å²) >= 11 is 0. The molecule has 0 aliphatic rings. The predicted octanol–water partition coefficient (Wildman–Crippen LogP) is 7.33. The van der Waals surface area contributed by atoms with Gasteiger partial charge in [-0.1, -0.05) is 60.7 Å². The van der Waals surface area contributed by atoms with Crippen molar-refractivity contribution >= 4 is 44.5 Å². The third kappa shape index (κ3) is 4.89. The number of hydrogen-bond donors (Lipinski definition) is 0. The van der Waals surface area contributed by atoms with Crippen molar-refractivity contribution in [1.29, 1.82) is 0 Å². The number of nitro benzene ring substituents is 1. The van der Waals surface area contributed by atoms with Gasteiger partial charge in [-0.2, -0.15) is 9.78 Å². The van der Waals surface area contributed by atoms with E-state index in [-0.39, 0.29) is 23.7 Å². The van der Waals surface area contributed by atoms with Crippen LogP contribution in [0.15, 0.2) is 130 Å². The maximum atomic E-state index is 13.8. The summed E-state index contributed by atoms with van der Waals surface area (Å²) in [4.78, 5) is 29.1. The Morgan fingerprint density at radius 2 is 1.58 bits per heavy atom. The SMILES string of the molecule is O=c1c2ccccc2nc(-c2cc3ccccc3o2)n1N=Cc1c(OCc2ccc([N+](=O)[O-])cc2)ccc2ccccc12. The lowest BCUT2D eigenvalue weighted by Crippen LogP contribution is -2.20. The van der Waals surface area contributed by atoms with Crippen LogP contribution in [0.2, 0.25) is 0 Å². The highest BCUT2D eigenvalue weighted by molar-refractivity contribution is 6.02. The number of aromatic nitrogens is 2. The minimum absolute atomic E-state index is 0.0111. The van der Waals surface area contributed by atoms with Crippen LogP contribution in [0.25, 0.3) is 44.2 Å². The summed E-state index contributed by atoms with van der Waals surface area (Å²) in [6.45, 7) is 0.179. The van der Waals surface area contributed by atoms with E-state index in [1.165, 1.54) is 16.8 Å².